The third-order valence-corrected chi connectivity index (χ3v) is 3.65. The van der Waals surface area contributed by atoms with E-state index in [1.807, 2.05) is 0 Å². The molecule has 0 aliphatic rings. The Morgan fingerprint density at radius 2 is 2.06 bits per heavy atom. The Hall–Kier alpha value is -1.48. The average molecular weight is 246 g/mol. The van der Waals surface area contributed by atoms with Gasteiger partial charge >= 0.3 is 0 Å². The zero-order valence-corrected chi connectivity index (χ0v) is 11.4. The van der Waals surface area contributed by atoms with E-state index in [9.17, 15) is 5.11 Å². The molecule has 1 heterocycles. The lowest BCUT2D eigenvalue weighted by atomic mass is 10.1. The van der Waals surface area contributed by atoms with Gasteiger partial charge < -0.3 is 14.6 Å². The van der Waals surface area contributed by atoms with Crippen LogP contribution >= 0.6 is 0 Å². The van der Waals surface area contributed by atoms with Gasteiger partial charge in [0.05, 0.1) is 5.69 Å². The van der Waals surface area contributed by atoms with Crippen molar-refractivity contribution in [2.45, 2.75) is 13.3 Å². The monoisotopic (exact) mass is 246 g/mol. The van der Waals surface area contributed by atoms with Crippen LogP contribution in [0.4, 0.5) is 5.69 Å². The van der Waals surface area contributed by atoms with Crippen molar-refractivity contribution >= 4 is 16.6 Å². The van der Waals surface area contributed by atoms with Crippen LogP contribution in [0.2, 0.25) is 0 Å². The lowest BCUT2D eigenvalue weighted by molar-refractivity contribution is 0.226. The van der Waals surface area contributed by atoms with Crippen LogP contribution in [0.5, 0.6) is 0 Å². The van der Waals surface area contributed by atoms with Crippen molar-refractivity contribution in [2.24, 2.45) is 13.0 Å². The Morgan fingerprint density at radius 1 is 1.33 bits per heavy atom. The molecule has 1 aromatic heterocycles. The Morgan fingerprint density at radius 3 is 2.72 bits per heavy atom. The van der Waals surface area contributed by atoms with Gasteiger partial charge in [0.15, 0.2) is 0 Å². The van der Waals surface area contributed by atoms with Crippen molar-refractivity contribution in [2.75, 3.05) is 25.1 Å². The number of anilines is 1. The summed E-state index contributed by atoms with van der Waals surface area (Å²) >= 11 is 0. The van der Waals surface area contributed by atoms with Gasteiger partial charge in [-0.05, 0) is 18.4 Å². The molecule has 1 unspecified atom stereocenters. The smallest absolute Gasteiger partial charge is 0.0623 e. The number of hydrogen-bond donors (Lipinski definition) is 1. The largest absolute Gasteiger partial charge is 0.396 e. The highest BCUT2D eigenvalue weighted by Crippen LogP contribution is 2.28. The summed E-state index contributed by atoms with van der Waals surface area (Å²) in [6.45, 7) is 3.27. The molecule has 0 spiro atoms. The summed E-state index contributed by atoms with van der Waals surface area (Å²) in [5.74, 6) is 0.342. The molecule has 0 saturated carbocycles. The van der Waals surface area contributed by atoms with Gasteiger partial charge in [-0.3, -0.25) is 0 Å². The van der Waals surface area contributed by atoms with Gasteiger partial charge in [0, 0.05) is 44.3 Å². The topological polar surface area (TPSA) is 28.4 Å². The third-order valence-electron chi connectivity index (χ3n) is 3.65. The van der Waals surface area contributed by atoms with Gasteiger partial charge in [-0.2, -0.15) is 0 Å². The van der Waals surface area contributed by atoms with Crippen molar-refractivity contribution in [3.05, 3.63) is 30.5 Å². The van der Waals surface area contributed by atoms with Crippen molar-refractivity contribution in [1.29, 1.82) is 0 Å². The lowest BCUT2D eigenvalue weighted by Crippen LogP contribution is -2.26. The molecule has 1 aromatic carbocycles. The highest BCUT2D eigenvalue weighted by molar-refractivity contribution is 5.93. The maximum atomic E-state index is 9.31. The number of aliphatic hydroxyl groups is 1. The first-order valence-corrected chi connectivity index (χ1v) is 6.53. The van der Waals surface area contributed by atoms with Gasteiger partial charge in [0.1, 0.15) is 0 Å². The summed E-state index contributed by atoms with van der Waals surface area (Å²) in [6.07, 6.45) is 3.17. The van der Waals surface area contributed by atoms with E-state index in [2.05, 4.69) is 60.9 Å². The Labute approximate surface area is 109 Å². The summed E-state index contributed by atoms with van der Waals surface area (Å²) in [7, 11) is 4.17. The molecule has 3 nitrogen and oxygen atoms in total. The van der Waals surface area contributed by atoms with Gasteiger partial charge in [-0.25, -0.2) is 0 Å². The van der Waals surface area contributed by atoms with E-state index in [1.165, 1.54) is 16.6 Å². The molecule has 0 radical (unpaired) electrons. The van der Waals surface area contributed by atoms with E-state index in [-0.39, 0.29) is 6.61 Å². The zero-order valence-electron chi connectivity index (χ0n) is 11.4. The van der Waals surface area contributed by atoms with Crippen LogP contribution in [0.1, 0.15) is 13.3 Å². The molecule has 1 atom stereocenters. The Kier molecular flexibility index (Phi) is 3.92. The fourth-order valence-electron chi connectivity index (χ4n) is 2.43. The van der Waals surface area contributed by atoms with Crippen molar-refractivity contribution in [3.8, 4) is 0 Å². The average Bonchev–Trinajstić information content (AvgIpc) is 2.74. The first-order chi connectivity index (χ1) is 8.67. The van der Waals surface area contributed by atoms with E-state index in [0.29, 0.717) is 5.92 Å². The summed E-state index contributed by atoms with van der Waals surface area (Å²) < 4.78 is 2.15. The highest BCUT2D eigenvalue weighted by Gasteiger charge is 2.13. The number of nitrogens with zero attached hydrogens (tertiary/aromatic N) is 2. The van der Waals surface area contributed by atoms with Crippen molar-refractivity contribution < 1.29 is 5.11 Å². The standard InChI is InChI=1S/C15H22N2O/c1-4-12(11-18)9-16(2)15-10-17(3)14-8-6-5-7-13(14)15/h5-8,10,12,18H,4,9,11H2,1-3H3. The molecule has 0 amide bonds. The van der Waals surface area contributed by atoms with E-state index in [4.69, 9.17) is 0 Å². The SMILES string of the molecule is CCC(CO)CN(C)c1cn(C)c2ccccc12. The lowest BCUT2D eigenvalue weighted by Gasteiger charge is -2.23. The van der Waals surface area contributed by atoms with Crippen LogP contribution in [0.25, 0.3) is 10.9 Å². The number of aliphatic hydroxyl groups excluding tert-OH is 1. The number of aromatic nitrogens is 1. The fourth-order valence-corrected chi connectivity index (χ4v) is 2.43. The number of para-hydroxylation sites is 1. The zero-order chi connectivity index (χ0) is 13.1. The molecule has 0 aliphatic carbocycles. The molecule has 3 heteroatoms. The van der Waals surface area contributed by atoms with Gasteiger partial charge in [-0.15, -0.1) is 0 Å². The third kappa shape index (κ3) is 2.36. The van der Waals surface area contributed by atoms with Gasteiger partial charge in [-0.1, -0.05) is 25.1 Å². The quantitative estimate of drug-likeness (QED) is 0.878. The first-order valence-electron chi connectivity index (χ1n) is 6.53. The maximum Gasteiger partial charge on any atom is 0.0623 e. The number of benzene rings is 1. The van der Waals surface area contributed by atoms with Gasteiger partial charge in [0.2, 0.25) is 0 Å². The molecule has 18 heavy (non-hydrogen) atoms. The van der Waals surface area contributed by atoms with E-state index in [1.54, 1.807) is 0 Å². The minimum Gasteiger partial charge on any atom is -0.396 e. The highest BCUT2D eigenvalue weighted by atomic mass is 16.3. The summed E-state index contributed by atoms with van der Waals surface area (Å²) in [5, 5.41) is 10.6. The van der Waals surface area contributed by atoms with E-state index >= 15 is 0 Å². The summed E-state index contributed by atoms with van der Waals surface area (Å²) in [5.41, 5.74) is 2.48. The van der Waals surface area contributed by atoms with Gasteiger partial charge in [0.25, 0.3) is 0 Å². The molecular formula is C15H22N2O. The number of hydrogen-bond acceptors (Lipinski definition) is 2. The second-order valence-electron chi connectivity index (χ2n) is 4.98. The molecule has 2 aromatic rings. The Balaban J connectivity index is 2.30. The molecule has 0 bridgehead atoms. The summed E-state index contributed by atoms with van der Waals surface area (Å²) in [4.78, 5) is 2.24. The predicted molar refractivity (Wildman–Crippen MR) is 77.1 cm³/mol. The molecule has 2 rings (SSSR count). The normalized spacial score (nSPS) is 12.9. The molecule has 1 N–H and O–H groups in total. The van der Waals surface area contributed by atoms with Crippen molar-refractivity contribution in [1.82, 2.24) is 4.57 Å². The molecule has 0 saturated heterocycles. The first kappa shape index (κ1) is 13.0. The van der Waals surface area contributed by atoms with Crippen LogP contribution < -0.4 is 4.90 Å². The number of aryl methyl sites for hydroxylation is 1. The van der Waals surface area contributed by atoms with Crippen LogP contribution in [-0.2, 0) is 7.05 Å². The minimum atomic E-state index is 0.256. The Bertz CT molecular complexity index is 514. The minimum absolute atomic E-state index is 0.256. The van der Waals surface area contributed by atoms with E-state index < -0.39 is 0 Å². The van der Waals surface area contributed by atoms with Crippen LogP contribution in [-0.4, -0.2) is 29.9 Å². The second-order valence-corrected chi connectivity index (χ2v) is 4.98. The van der Waals surface area contributed by atoms with E-state index in [0.717, 1.165) is 13.0 Å². The molecule has 0 fully saturated rings. The van der Waals surface area contributed by atoms with Crippen molar-refractivity contribution in [3.63, 3.8) is 0 Å². The van der Waals surface area contributed by atoms with Crippen LogP contribution in [0.15, 0.2) is 30.5 Å². The number of fused-ring (bicyclic) bond motifs is 1. The van der Waals surface area contributed by atoms with Crippen LogP contribution in [0, 0.1) is 5.92 Å². The molecule has 98 valence electrons. The maximum absolute atomic E-state index is 9.31. The predicted octanol–water partition coefficient (Wildman–Crippen LogP) is 2.63. The summed E-state index contributed by atoms with van der Waals surface area (Å²) in [6, 6.07) is 8.43. The second kappa shape index (κ2) is 5.44. The molecule has 0 aliphatic heterocycles. The molecular weight excluding hydrogens is 224 g/mol. The van der Waals surface area contributed by atoms with Crippen LogP contribution in [0.3, 0.4) is 0 Å². The number of rotatable bonds is 5. The fraction of sp³-hybridized carbons (Fsp3) is 0.467.